The lowest BCUT2D eigenvalue weighted by Crippen LogP contribution is -2.35. The van der Waals surface area contributed by atoms with E-state index in [0.29, 0.717) is 5.75 Å². The summed E-state index contributed by atoms with van der Waals surface area (Å²) in [6.07, 6.45) is 1.56. The molecule has 2 aromatic carbocycles. The Morgan fingerprint density at radius 1 is 1.17 bits per heavy atom. The first-order chi connectivity index (χ1) is 11.4. The van der Waals surface area contributed by atoms with Crippen molar-refractivity contribution in [3.8, 4) is 5.75 Å². The summed E-state index contributed by atoms with van der Waals surface area (Å²) in [5.74, 6) is -0.835. The summed E-state index contributed by atoms with van der Waals surface area (Å²) in [6.45, 7) is 3.11. The molecule has 0 spiro atoms. The van der Waals surface area contributed by atoms with Crippen LogP contribution >= 0.6 is 0 Å². The molecule has 0 amide bonds. The molecule has 0 aliphatic heterocycles. The molecule has 6 nitrogen and oxygen atoms in total. The zero-order valence-corrected chi connectivity index (χ0v) is 13.6. The molecule has 0 radical (unpaired) electrons. The number of carboxylic acid groups (broad SMARTS) is 1. The third-order valence-electron chi connectivity index (χ3n) is 3.08. The standard InChI is InChI=1S/C17H17NO5S/c1-2-11-23-15-8-6-7-14(12-15)18(13-17(19)20)24(21,22)16-9-4-3-5-10-16/h2-10,12H,1,11,13H2,(H,19,20). The number of carboxylic acids is 1. The van der Waals surface area contributed by atoms with Crippen molar-refractivity contribution in [1.29, 1.82) is 0 Å². The molecule has 0 fully saturated rings. The van der Waals surface area contributed by atoms with Crippen molar-refractivity contribution in [2.45, 2.75) is 4.90 Å². The minimum absolute atomic E-state index is 0.0173. The number of anilines is 1. The second-order valence-corrected chi connectivity index (χ2v) is 6.68. The van der Waals surface area contributed by atoms with Gasteiger partial charge in [0.25, 0.3) is 10.0 Å². The highest BCUT2D eigenvalue weighted by Crippen LogP contribution is 2.26. The smallest absolute Gasteiger partial charge is 0.324 e. The molecule has 2 aromatic rings. The highest BCUT2D eigenvalue weighted by Gasteiger charge is 2.27. The molecule has 0 unspecified atom stereocenters. The first kappa shape index (κ1) is 17.6. The van der Waals surface area contributed by atoms with Crippen molar-refractivity contribution in [1.82, 2.24) is 0 Å². The SMILES string of the molecule is C=CCOc1cccc(N(CC(=O)O)S(=O)(=O)c2ccccc2)c1. The molecule has 0 aromatic heterocycles. The Kier molecular flexibility index (Phi) is 5.59. The van der Waals surface area contributed by atoms with Crippen LogP contribution in [-0.2, 0) is 14.8 Å². The number of benzene rings is 2. The van der Waals surface area contributed by atoms with Gasteiger partial charge >= 0.3 is 5.97 Å². The van der Waals surface area contributed by atoms with Crippen LogP contribution in [0.2, 0.25) is 0 Å². The van der Waals surface area contributed by atoms with E-state index in [1.54, 1.807) is 36.4 Å². The molecule has 24 heavy (non-hydrogen) atoms. The zero-order valence-electron chi connectivity index (χ0n) is 12.8. The number of carbonyl (C=O) groups is 1. The maximum Gasteiger partial charge on any atom is 0.324 e. The Morgan fingerprint density at radius 2 is 1.88 bits per heavy atom. The number of sulfonamides is 1. The number of aliphatic carboxylic acids is 1. The maximum absolute atomic E-state index is 12.8. The van der Waals surface area contributed by atoms with E-state index in [1.165, 1.54) is 24.3 Å². The van der Waals surface area contributed by atoms with Crippen LogP contribution in [0.25, 0.3) is 0 Å². The van der Waals surface area contributed by atoms with Gasteiger partial charge in [0.05, 0.1) is 10.6 Å². The summed E-state index contributed by atoms with van der Waals surface area (Å²) in [5.41, 5.74) is 0.211. The van der Waals surface area contributed by atoms with E-state index in [2.05, 4.69) is 6.58 Å². The summed E-state index contributed by atoms with van der Waals surface area (Å²) < 4.78 is 31.8. The van der Waals surface area contributed by atoms with Crippen molar-refractivity contribution in [3.63, 3.8) is 0 Å². The average Bonchev–Trinajstić information content (AvgIpc) is 2.58. The third kappa shape index (κ3) is 4.14. The normalized spacial score (nSPS) is 10.8. The predicted octanol–water partition coefficient (Wildman–Crippen LogP) is 2.53. The van der Waals surface area contributed by atoms with E-state index in [0.717, 1.165) is 4.31 Å². The van der Waals surface area contributed by atoms with Crippen molar-refractivity contribution >= 4 is 21.7 Å². The summed E-state index contributed by atoms with van der Waals surface area (Å²) in [6, 6.07) is 13.9. The van der Waals surface area contributed by atoms with Gasteiger partial charge in [-0.15, -0.1) is 0 Å². The minimum Gasteiger partial charge on any atom is -0.489 e. The van der Waals surface area contributed by atoms with Gasteiger partial charge in [0.2, 0.25) is 0 Å². The lowest BCUT2D eigenvalue weighted by atomic mass is 10.3. The van der Waals surface area contributed by atoms with E-state index in [9.17, 15) is 13.2 Å². The summed E-state index contributed by atoms with van der Waals surface area (Å²) in [4.78, 5) is 11.2. The van der Waals surface area contributed by atoms with Gasteiger partial charge in [0, 0.05) is 6.07 Å². The lowest BCUT2D eigenvalue weighted by molar-refractivity contribution is -0.135. The Morgan fingerprint density at radius 3 is 2.50 bits per heavy atom. The average molecular weight is 347 g/mol. The lowest BCUT2D eigenvalue weighted by Gasteiger charge is -2.23. The van der Waals surface area contributed by atoms with E-state index in [-0.39, 0.29) is 17.2 Å². The van der Waals surface area contributed by atoms with E-state index >= 15 is 0 Å². The minimum atomic E-state index is -4.01. The fourth-order valence-corrected chi connectivity index (χ4v) is 3.47. The van der Waals surface area contributed by atoms with Crippen LogP contribution < -0.4 is 9.04 Å². The van der Waals surface area contributed by atoms with E-state index in [1.807, 2.05) is 0 Å². The number of rotatable bonds is 8. The largest absolute Gasteiger partial charge is 0.489 e. The molecule has 0 aliphatic rings. The quantitative estimate of drug-likeness (QED) is 0.742. The Bertz CT molecular complexity index is 818. The van der Waals surface area contributed by atoms with Crippen molar-refractivity contribution in [2.24, 2.45) is 0 Å². The van der Waals surface area contributed by atoms with Gasteiger partial charge < -0.3 is 9.84 Å². The highest BCUT2D eigenvalue weighted by atomic mass is 32.2. The van der Waals surface area contributed by atoms with Gasteiger partial charge in [-0.2, -0.15) is 0 Å². The summed E-state index contributed by atoms with van der Waals surface area (Å²) >= 11 is 0. The van der Waals surface area contributed by atoms with E-state index in [4.69, 9.17) is 9.84 Å². The molecule has 0 aliphatic carbocycles. The van der Waals surface area contributed by atoms with Crippen LogP contribution in [0.5, 0.6) is 5.75 Å². The Hall–Kier alpha value is -2.80. The van der Waals surface area contributed by atoms with Crippen LogP contribution in [0.3, 0.4) is 0 Å². The first-order valence-electron chi connectivity index (χ1n) is 7.08. The van der Waals surface area contributed by atoms with Gasteiger partial charge in [0.15, 0.2) is 0 Å². The number of nitrogens with zero attached hydrogens (tertiary/aromatic N) is 1. The van der Waals surface area contributed by atoms with Crippen LogP contribution in [0.1, 0.15) is 0 Å². The second-order valence-electron chi connectivity index (χ2n) is 4.82. The highest BCUT2D eigenvalue weighted by molar-refractivity contribution is 7.92. The fraction of sp³-hybridized carbons (Fsp3) is 0.118. The summed E-state index contributed by atoms with van der Waals surface area (Å²) in [7, 11) is -4.01. The number of hydrogen-bond donors (Lipinski definition) is 1. The van der Waals surface area contributed by atoms with Crippen molar-refractivity contribution in [3.05, 3.63) is 67.3 Å². The van der Waals surface area contributed by atoms with Crippen LogP contribution in [-0.4, -0.2) is 32.6 Å². The molecule has 0 heterocycles. The molecule has 1 N–H and O–H groups in total. The van der Waals surface area contributed by atoms with Crippen LogP contribution in [0, 0.1) is 0 Å². The van der Waals surface area contributed by atoms with Crippen molar-refractivity contribution < 1.29 is 23.1 Å². The first-order valence-corrected chi connectivity index (χ1v) is 8.52. The van der Waals surface area contributed by atoms with E-state index < -0.39 is 22.5 Å². The molecule has 7 heteroatoms. The van der Waals surface area contributed by atoms with Crippen LogP contribution in [0.4, 0.5) is 5.69 Å². The molecule has 0 atom stereocenters. The maximum atomic E-state index is 12.8. The molecule has 0 bridgehead atoms. The van der Waals surface area contributed by atoms with Gasteiger partial charge in [-0.3, -0.25) is 9.10 Å². The molecule has 0 saturated carbocycles. The molecule has 126 valence electrons. The van der Waals surface area contributed by atoms with Gasteiger partial charge in [-0.25, -0.2) is 8.42 Å². The van der Waals surface area contributed by atoms with Gasteiger partial charge in [-0.1, -0.05) is 36.9 Å². The molecular weight excluding hydrogens is 330 g/mol. The second kappa shape index (κ2) is 7.65. The Labute approximate surface area is 140 Å². The van der Waals surface area contributed by atoms with Gasteiger partial charge in [0.1, 0.15) is 18.9 Å². The monoisotopic (exact) mass is 347 g/mol. The van der Waals surface area contributed by atoms with Crippen LogP contribution in [0.15, 0.2) is 72.1 Å². The predicted molar refractivity (Wildman–Crippen MR) is 90.7 cm³/mol. The topological polar surface area (TPSA) is 83.9 Å². The van der Waals surface area contributed by atoms with Gasteiger partial charge in [-0.05, 0) is 24.3 Å². The number of ether oxygens (including phenoxy) is 1. The molecule has 0 saturated heterocycles. The third-order valence-corrected chi connectivity index (χ3v) is 4.87. The number of hydrogen-bond acceptors (Lipinski definition) is 4. The zero-order chi connectivity index (χ0) is 17.6. The fourth-order valence-electron chi connectivity index (χ4n) is 2.04. The molecule has 2 rings (SSSR count). The Balaban J connectivity index is 2.46. The summed E-state index contributed by atoms with van der Waals surface area (Å²) in [5, 5.41) is 9.12. The van der Waals surface area contributed by atoms with Crippen molar-refractivity contribution in [2.75, 3.05) is 17.5 Å². The molecular formula is C17H17NO5S.